The van der Waals surface area contributed by atoms with E-state index in [4.69, 9.17) is 0 Å². The van der Waals surface area contributed by atoms with Crippen molar-refractivity contribution in [2.24, 2.45) is 5.92 Å². The SMILES string of the molecule is O[C@@H]1CC[C@H]2[C@H](CCCN2Cc2ccccc2)C1. The number of piperidine rings is 1. The summed E-state index contributed by atoms with van der Waals surface area (Å²) in [6.45, 7) is 2.31. The Balaban J connectivity index is 1.68. The third-order valence-electron chi connectivity index (χ3n) is 4.63. The second-order valence-electron chi connectivity index (χ2n) is 5.89. The van der Waals surface area contributed by atoms with Crippen LogP contribution in [0.5, 0.6) is 0 Å². The zero-order valence-corrected chi connectivity index (χ0v) is 11.0. The number of hydrogen-bond donors (Lipinski definition) is 1. The number of hydrogen-bond acceptors (Lipinski definition) is 2. The van der Waals surface area contributed by atoms with E-state index in [2.05, 4.69) is 35.2 Å². The number of aliphatic hydroxyl groups excluding tert-OH is 1. The minimum atomic E-state index is -0.0390. The maximum atomic E-state index is 9.81. The van der Waals surface area contributed by atoms with Crippen molar-refractivity contribution >= 4 is 0 Å². The van der Waals surface area contributed by atoms with Gasteiger partial charge in [-0.15, -0.1) is 0 Å². The Labute approximate surface area is 110 Å². The molecule has 1 N–H and O–H groups in total. The van der Waals surface area contributed by atoms with Crippen LogP contribution in [0.4, 0.5) is 0 Å². The van der Waals surface area contributed by atoms with E-state index >= 15 is 0 Å². The monoisotopic (exact) mass is 245 g/mol. The molecular formula is C16H23NO. The van der Waals surface area contributed by atoms with Gasteiger partial charge in [0.25, 0.3) is 0 Å². The number of benzene rings is 1. The summed E-state index contributed by atoms with van der Waals surface area (Å²) < 4.78 is 0. The number of rotatable bonds is 2. The van der Waals surface area contributed by atoms with Gasteiger partial charge < -0.3 is 5.11 Å². The van der Waals surface area contributed by atoms with Gasteiger partial charge in [-0.1, -0.05) is 30.3 Å². The minimum Gasteiger partial charge on any atom is -0.393 e. The lowest BCUT2D eigenvalue weighted by Gasteiger charge is -2.45. The molecule has 3 rings (SSSR count). The first kappa shape index (κ1) is 12.2. The van der Waals surface area contributed by atoms with Gasteiger partial charge in [-0.2, -0.15) is 0 Å². The zero-order chi connectivity index (χ0) is 12.4. The van der Waals surface area contributed by atoms with Crippen LogP contribution in [0.1, 0.15) is 37.7 Å². The van der Waals surface area contributed by atoms with Crippen molar-refractivity contribution in [2.45, 2.75) is 50.8 Å². The highest BCUT2D eigenvalue weighted by molar-refractivity contribution is 5.14. The van der Waals surface area contributed by atoms with Crippen LogP contribution in [0.3, 0.4) is 0 Å². The molecule has 0 amide bonds. The molecule has 0 spiro atoms. The smallest absolute Gasteiger partial charge is 0.0544 e. The second-order valence-corrected chi connectivity index (χ2v) is 5.89. The van der Waals surface area contributed by atoms with Crippen LogP contribution in [-0.2, 0) is 6.54 Å². The average molecular weight is 245 g/mol. The molecule has 1 saturated carbocycles. The standard InChI is InChI=1S/C16H23NO/c18-15-8-9-16-14(11-15)7-4-10-17(16)12-13-5-2-1-3-6-13/h1-3,5-6,14-16,18H,4,7-12H2/t14-,15-,16+/m1/s1. The molecule has 98 valence electrons. The van der Waals surface area contributed by atoms with E-state index in [0.717, 1.165) is 25.3 Å². The van der Waals surface area contributed by atoms with Gasteiger partial charge in [0.1, 0.15) is 0 Å². The Morgan fingerprint density at radius 1 is 1.11 bits per heavy atom. The molecule has 3 atom stereocenters. The first-order chi connectivity index (χ1) is 8.83. The van der Waals surface area contributed by atoms with Crippen molar-refractivity contribution < 1.29 is 5.11 Å². The summed E-state index contributed by atoms with van der Waals surface area (Å²) in [5, 5.41) is 9.81. The fourth-order valence-corrected chi connectivity index (χ4v) is 3.75. The first-order valence-corrected chi connectivity index (χ1v) is 7.29. The maximum Gasteiger partial charge on any atom is 0.0544 e. The molecule has 0 aromatic heterocycles. The molecule has 0 radical (unpaired) electrons. The molecule has 0 bridgehead atoms. The van der Waals surface area contributed by atoms with Crippen molar-refractivity contribution in [2.75, 3.05) is 6.54 Å². The van der Waals surface area contributed by atoms with Crippen molar-refractivity contribution in [3.8, 4) is 0 Å². The molecule has 18 heavy (non-hydrogen) atoms. The van der Waals surface area contributed by atoms with Crippen molar-refractivity contribution in [3.63, 3.8) is 0 Å². The lowest BCUT2D eigenvalue weighted by Crippen LogP contribution is -2.48. The largest absolute Gasteiger partial charge is 0.393 e. The summed E-state index contributed by atoms with van der Waals surface area (Å²) in [5.74, 6) is 0.728. The van der Waals surface area contributed by atoms with Crippen LogP contribution in [0.15, 0.2) is 30.3 Å². The predicted octanol–water partition coefficient (Wildman–Crippen LogP) is 2.81. The Bertz CT molecular complexity index is 378. The topological polar surface area (TPSA) is 23.5 Å². The van der Waals surface area contributed by atoms with Gasteiger partial charge in [0.15, 0.2) is 0 Å². The van der Waals surface area contributed by atoms with E-state index in [9.17, 15) is 5.11 Å². The van der Waals surface area contributed by atoms with Crippen LogP contribution < -0.4 is 0 Å². The Morgan fingerprint density at radius 2 is 1.94 bits per heavy atom. The summed E-state index contributed by atoms with van der Waals surface area (Å²) in [6.07, 6.45) is 5.76. The molecule has 2 heteroatoms. The Kier molecular flexibility index (Phi) is 3.67. The normalized spacial score (nSPS) is 33.1. The van der Waals surface area contributed by atoms with Gasteiger partial charge in [-0.05, 0) is 50.1 Å². The van der Waals surface area contributed by atoms with Gasteiger partial charge in [-0.3, -0.25) is 4.90 Å². The Hall–Kier alpha value is -0.860. The summed E-state index contributed by atoms with van der Waals surface area (Å²) in [6, 6.07) is 11.5. The molecule has 2 nitrogen and oxygen atoms in total. The van der Waals surface area contributed by atoms with E-state index in [0.29, 0.717) is 6.04 Å². The maximum absolute atomic E-state index is 9.81. The average Bonchev–Trinajstić information content (AvgIpc) is 2.40. The Morgan fingerprint density at radius 3 is 2.78 bits per heavy atom. The fourth-order valence-electron chi connectivity index (χ4n) is 3.75. The van der Waals surface area contributed by atoms with E-state index in [1.54, 1.807) is 0 Å². The van der Waals surface area contributed by atoms with Crippen LogP contribution in [-0.4, -0.2) is 28.7 Å². The van der Waals surface area contributed by atoms with Gasteiger partial charge >= 0.3 is 0 Å². The number of fused-ring (bicyclic) bond motifs is 1. The van der Waals surface area contributed by atoms with E-state index in [1.807, 2.05) is 0 Å². The lowest BCUT2D eigenvalue weighted by molar-refractivity contribution is 0.00134. The molecular weight excluding hydrogens is 222 g/mol. The lowest BCUT2D eigenvalue weighted by atomic mass is 9.77. The molecule has 1 aromatic rings. The number of likely N-dealkylation sites (tertiary alicyclic amines) is 1. The van der Waals surface area contributed by atoms with Gasteiger partial charge in [0.05, 0.1) is 6.10 Å². The predicted molar refractivity (Wildman–Crippen MR) is 73.2 cm³/mol. The van der Waals surface area contributed by atoms with Crippen LogP contribution in [0.25, 0.3) is 0 Å². The highest BCUT2D eigenvalue weighted by Crippen LogP contribution is 2.36. The van der Waals surface area contributed by atoms with E-state index in [1.165, 1.54) is 31.4 Å². The summed E-state index contributed by atoms with van der Waals surface area (Å²) >= 11 is 0. The zero-order valence-electron chi connectivity index (χ0n) is 11.0. The number of nitrogens with zero attached hydrogens (tertiary/aromatic N) is 1. The molecule has 1 saturated heterocycles. The van der Waals surface area contributed by atoms with Gasteiger partial charge in [0, 0.05) is 12.6 Å². The minimum absolute atomic E-state index is 0.0390. The molecule has 1 aliphatic carbocycles. The van der Waals surface area contributed by atoms with Crippen molar-refractivity contribution in [3.05, 3.63) is 35.9 Å². The summed E-state index contributed by atoms with van der Waals surface area (Å²) in [7, 11) is 0. The summed E-state index contributed by atoms with van der Waals surface area (Å²) in [4.78, 5) is 2.65. The molecule has 1 aliphatic heterocycles. The second kappa shape index (κ2) is 5.41. The highest BCUT2D eigenvalue weighted by Gasteiger charge is 2.35. The molecule has 1 aromatic carbocycles. The molecule has 2 fully saturated rings. The third kappa shape index (κ3) is 2.60. The molecule has 2 aliphatic rings. The third-order valence-corrected chi connectivity index (χ3v) is 4.63. The summed E-state index contributed by atoms with van der Waals surface area (Å²) in [5.41, 5.74) is 1.42. The fraction of sp³-hybridized carbons (Fsp3) is 0.625. The molecule has 0 unspecified atom stereocenters. The van der Waals surface area contributed by atoms with Crippen molar-refractivity contribution in [1.82, 2.24) is 4.90 Å². The molecule has 1 heterocycles. The van der Waals surface area contributed by atoms with Crippen LogP contribution in [0.2, 0.25) is 0 Å². The van der Waals surface area contributed by atoms with Crippen LogP contribution >= 0.6 is 0 Å². The highest BCUT2D eigenvalue weighted by atomic mass is 16.3. The number of aliphatic hydroxyl groups is 1. The van der Waals surface area contributed by atoms with Crippen molar-refractivity contribution in [1.29, 1.82) is 0 Å². The van der Waals surface area contributed by atoms with E-state index < -0.39 is 0 Å². The first-order valence-electron chi connectivity index (χ1n) is 7.29. The quantitative estimate of drug-likeness (QED) is 0.866. The van der Waals surface area contributed by atoms with Gasteiger partial charge in [0.2, 0.25) is 0 Å². The van der Waals surface area contributed by atoms with E-state index in [-0.39, 0.29) is 6.10 Å². The van der Waals surface area contributed by atoms with Crippen LogP contribution in [0, 0.1) is 5.92 Å². The van der Waals surface area contributed by atoms with Gasteiger partial charge in [-0.25, -0.2) is 0 Å².